The summed E-state index contributed by atoms with van der Waals surface area (Å²) in [4.78, 5) is 64.4. The lowest BCUT2D eigenvalue weighted by atomic mass is 10.0. The average Bonchev–Trinajstić information content (AvgIpc) is 2.51. The summed E-state index contributed by atoms with van der Waals surface area (Å²) in [6.45, 7) is 1.10. The maximum absolute atomic E-state index is 12.1. The fraction of sp³-hybridized carbons (Fsp3) is 0.417. The van der Waals surface area contributed by atoms with Gasteiger partial charge in [-0.2, -0.15) is 0 Å². The molecule has 2 atom stereocenters. The summed E-state index contributed by atoms with van der Waals surface area (Å²) in [6.07, 6.45) is 0. The predicted molar refractivity (Wildman–Crippen MR) is 76.1 cm³/mol. The van der Waals surface area contributed by atoms with E-state index in [2.05, 4.69) is 19.8 Å². The van der Waals surface area contributed by atoms with Gasteiger partial charge in [0, 0.05) is 6.92 Å². The highest BCUT2D eigenvalue weighted by atomic mass is 16.5. The molecule has 2 heterocycles. The largest absolute Gasteiger partial charge is 0.467 e. The van der Waals surface area contributed by atoms with Gasteiger partial charge in [0.25, 0.3) is 5.56 Å². The van der Waals surface area contributed by atoms with Crippen LogP contribution in [0, 0.1) is 0 Å². The van der Waals surface area contributed by atoms with Crippen molar-refractivity contribution in [2.75, 3.05) is 24.4 Å². The summed E-state index contributed by atoms with van der Waals surface area (Å²) in [5.74, 6) is -2.68. The Hall–Kier alpha value is -3.11. The van der Waals surface area contributed by atoms with E-state index >= 15 is 0 Å². The van der Waals surface area contributed by atoms with Crippen LogP contribution in [0.1, 0.15) is 6.92 Å². The third-order valence-electron chi connectivity index (χ3n) is 3.29. The maximum atomic E-state index is 12.1. The first kappa shape index (κ1) is 16.3. The molecule has 3 N–H and O–H groups in total. The van der Waals surface area contributed by atoms with E-state index in [1.165, 1.54) is 0 Å². The molecule has 1 amide bonds. The standard InChI is InChI=1S/C12H14N4O7/c1-4(17)16-6(11(20)23-3)5(10(19)22-2)13-8-7(16)9(18)15-12(21)14-8/h5-6H,1-3H3,(H3,13,14,15,18,21). The smallest absolute Gasteiger partial charge is 0.331 e. The van der Waals surface area contributed by atoms with E-state index in [-0.39, 0.29) is 11.5 Å². The van der Waals surface area contributed by atoms with Gasteiger partial charge in [0.1, 0.15) is 5.82 Å². The Labute approximate surface area is 128 Å². The Kier molecular flexibility index (Phi) is 4.20. The molecule has 1 aromatic heterocycles. The molecule has 0 saturated heterocycles. The lowest BCUT2D eigenvalue weighted by Gasteiger charge is -2.38. The number of nitrogens with zero attached hydrogens (tertiary/aromatic N) is 1. The zero-order chi connectivity index (χ0) is 17.3. The Morgan fingerprint density at radius 2 is 1.65 bits per heavy atom. The number of carbonyl (C=O) groups excluding carboxylic acids is 3. The van der Waals surface area contributed by atoms with Crippen molar-refractivity contribution in [1.82, 2.24) is 9.97 Å². The number of methoxy groups -OCH3 is 2. The first-order chi connectivity index (χ1) is 10.8. The van der Waals surface area contributed by atoms with Crippen molar-refractivity contribution >= 4 is 29.4 Å². The number of rotatable bonds is 2. The summed E-state index contributed by atoms with van der Waals surface area (Å²) in [7, 11) is 2.16. The molecule has 0 radical (unpaired) electrons. The van der Waals surface area contributed by atoms with Gasteiger partial charge in [-0.05, 0) is 0 Å². The van der Waals surface area contributed by atoms with Crippen LogP contribution >= 0.6 is 0 Å². The van der Waals surface area contributed by atoms with Crippen molar-refractivity contribution in [2.45, 2.75) is 19.0 Å². The number of aromatic nitrogens is 2. The number of esters is 2. The van der Waals surface area contributed by atoms with E-state index in [1.54, 1.807) is 0 Å². The van der Waals surface area contributed by atoms with E-state index in [4.69, 9.17) is 0 Å². The number of anilines is 2. The first-order valence-electron chi connectivity index (χ1n) is 6.40. The van der Waals surface area contributed by atoms with Crippen molar-refractivity contribution < 1.29 is 23.9 Å². The number of hydrogen-bond acceptors (Lipinski definition) is 8. The third-order valence-corrected chi connectivity index (χ3v) is 3.29. The number of hydrogen-bond donors (Lipinski definition) is 3. The van der Waals surface area contributed by atoms with Crippen LogP contribution < -0.4 is 21.5 Å². The van der Waals surface area contributed by atoms with E-state index in [0.29, 0.717) is 0 Å². The Morgan fingerprint density at radius 3 is 2.17 bits per heavy atom. The minimum atomic E-state index is -1.47. The first-order valence-corrected chi connectivity index (χ1v) is 6.40. The predicted octanol–water partition coefficient (Wildman–Crippen LogP) is -2.08. The lowest BCUT2D eigenvalue weighted by molar-refractivity contribution is -0.150. The molecule has 11 heteroatoms. The highest BCUT2D eigenvalue weighted by Crippen LogP contribution is 2.29. The van der Waals surface area contributed by atoms with Crippen LogP contribution in [-0.2, 0) is 23.9 Å². The minimum Gasteiger partial charge on any atom is -0.467 e. The molecule has 124 valence electrons. The average molecular weight is 326 g/mol. The topological polar surface area (TPSA) is 151 Å². The number of carbonyl (C=O) groups is 3. The Morgan fingerprint density at radius 1 is 1.04 bits per heavy atom. The molecule has 2 rings (SSSR count). The molecule has 0 aliphatic carbocycles. The van der Waals surface area contributed by atoms with Crippen LogP contribution in [-0.4, -0.2) is 54.1 Å². The van der Waals surface area contributed by atoms with Gasteiger partial charge in [-0.15, -0.1) is 0 Å². The molecule has 23 heavy (non-hydrogen) atoms. The number of ether oxygens (including phenoxy) is 2. The van der Waals surface area contributed by atoms with Gasteiger partial charge in [-0.1, -0.05) is 0 Å². The SMILES string of the molecule is COC(=O)C1Nc2[nH]c(=O)[nH]c(=O)c2N(C(C)=O)C1C(=O)OC. The van der Waals surface area contributed by atoms with Crippen LogP contribution in [0.25, 0.3) is 0 Å². The van der Waals surface area contributed by atoms with Crippen LogP contribution in [0.4, 0.5) is 11.5 Å². The summed E-state index contributed by atoms with van der Waals surface area (Å²) in [5.41, 5.74) is -2.04. The minimum absolute atomic E-state index is 0.176. The monoisotopic (exact) mass is 326 g/mol. The van der Waals surface area contributed by atoms with E-state index in [1.807, 2.05) is 4.98 Å². The summed E-state index contributed by atoms with van der Waals surface area (Å²) in [5, 5.41) is 2.53. The molecule has 0 aromatic carbocycles. The van der Waals surface area contributed by atoms with Crippen LogP contribution in [0.2, 0.25) is 0 Å². The summed E-state index contributed by atoms with van der Waals surface area (Å²) in [6, 6.07) is -2.83. The zero-order valence-corrected chi connectivity index (χ0v) is 12.5. The number of H-pyrrole nitrogens is 2. The fourth-order valence-corrected chi connectivity index (χ4v) is 2.37. The van der Waals surface area contributed by atoms with E-state index in [9.17, 15) is 24.0 Å². The molecule has 0 fully saturated rings. The number of aromatic amines is 2. The number of fused-ring (bicyclic) bond motifs is 1. The lowest BCUT2D eigenvalue weighted by Crippen LogP contribution is -2.62. The molecule has 11 nitrogen and oxygen atoms in total. The van der Waals surface area contributed by atoms with Gasteiger partial charge in [-0.25, -0.2) is 14.4 Å². The second kappa shape index (κ2) is 5.94. The van der Waals surface area contributed by atoms with E-state index in [0.717, 1.165) is 26.0 Å². The zero-order valence-electron chi connectivity index (χ0n) is 12.5. The third kappa shape index (κ3) is 2.67. The number of nitrogens with one attached hydrogen (secondary N) is 3. The molecule has 2 unspecified atom stereocenters. The van der Waals surface area contributed by atoms with E-state index < -0.39 is 41.2 Å². The normalized spacial score (nSPS) is 19.3. The summed E-state index contributed by atoms with van der Waals surface area (Å²) < 4.78 is 9.20. The maximum Gasteiger partial charge on any atom is 0.331 e. The van der Waals surface area contributed by atoms with Gasteiger partial charge in [0.05, 0.1) is 14.2 Å². The van der Waals surface area contributed by atoms with Crippen LogP contribution in [0.5, 0.6) is 0 Å². The molecule has 0 bridgehead atoms. The summed E-state index contributed by atoms with van der Waals surface area (Å²) >= 11 is 0. The Balaban J connectivity index is 2.74. The van der Waals surface area contributed by atoms with Gasteiger partial charge in [-0.3, -0.25) is 24.5 Å². The van der Waals surface area contributed by atoms with Crippen molar-refractivity contribution in [1.29, 1.82) is 0 Å². The molecular formula is C12H14N4O7. The highest BCUT2D eigenvalue weighted by Gasteiger charge is 2.47. The van der Waals surface area contributed by atoms with Gasteiger partial charge in [0.15, 0.2) is 17.8 Å². The van der Waals surface area contributed by atoms with Crippen LogP contribution in [0.3, 0.4) is 0 Å². The highest BCUT2D eigenvalue weighted by molar-refractivity contribution is 6.05. The molecule has 1 aliphatic heterocycles. The van der Waals surface area contributed by atoms with Crippen molar-refractivity contribution in [3.8, 4) is 0 Å². The van der Waals surface area contributed by atoms with Gasteiger partial charge in [0.2, 0.25) is 5.91 Å². The Bertz CT molecular complexity index is 780. The van der Waals surface area contributed by atoms with Crippen molar-refractivity contribution in [2.24, 2.45) is 0 Å². The fourth-order valence-electron chi connectivity index (χ4n) is 2.37. The van der Waals surface area contributed by atoms with Crippen molar-refractivity contribution in [3.05, 3.63) is 20.8 Å². The molecule has 0 saturated carbocycles. The van der Waals surface area contributed by atoms with Gasteiger partial charge >= 0.3 is 17.6 Å². The molecular weight excluding hydrogens is 312 g/mol. The van der Waals surface area contributed by atoms with Crippen LogP contribution in [0.15, 0.2) is 9.59 Å². The quantitative estimate of drug-likeness (QED) is 0.524. The van der Waals surface area contributed by atoms with Crippen molar-refractivity contribution in [3.63, 3.8) is 0 Å². The molecule has 1 aliphatic rings. The molecule has 0 spiro atoms. The van der Waals surface area contributed by atoms with Gasteiger partial charge < -0.3 is 14.8 Å². The molecule has 1 aromatic rings. The second-order valence-electron chi connectivity index (χ2n) is 4.63. The number of amides is 1. The second-order valence-corrected chi connectivity index (χ2v) is 4.63.